The third kappa shape index (κ3) is 12.4. The van der Waals surface area contributed by atoms with Crippen molar-refractivity contribution in [1.29, 1.82) is 0 Å². The molecule has 0 saturated carbocycles. The highest BCUT2D eigenvalue weighted by atomic mass is 32.2. The maximum Gasteiger partial charge on any atom is 0.245 e. The number of nitrogens with one attached hydrogen (secondary N) is 8. The molecule has 0 aliphatic carbocycles. The SMILES string of the molecule is CC(C)C[C@@H]1NC(=O)[C@@H]2CNC(=O)C[C@H](NC(=O)[C@H](CSCC3O[C@@H](O)C(O)[C@H](O)[C@H]3O)CNC1=O)C(=O)N[C@@H](Cc1c[nH]c3ccccc13)C(=O)N[C@@H](Cc1ccccc1)C(=O)N2. The van der Waals surface area contributed by atoms with Crippen molar-refractivity contribution in [2.45, 2.75) is 100 Å². The van der Waals surface area contributed by atoms with Crippen molar-refractivity contribution in [2.75, 3.05) is 24.6 Å². The number of fused-ring (bicyclic) bond motifs is 6. The van der Waals surface area contributed by atoms with Crippen molar-refractivity contribution in [2.24, 2.45) is 11.8 Å². The summed E-state index contributed by atoms with van der Waals surface area (Å²) < 4.78 is 5.28. The topological polar surface area (TPSA) is 310 Å². The lowest BCUT2D eigenvalue weighted by molar-refractivity contribution is -0.276. The fraction of sp³-hybridized carbons (Fsp3) is 0.512. The molecule has 2 unspecified atom stereocenters. The number of hydrogen-bond acceptors (Lipinski definition) is 13. The van der Waals surface area contributed by atoms with Gasteiger partial charge in [-0.15, -0.1) is 0 Å². The number of carbonyl (C=O) groups excluding carboxylic acids is 7. The third-order valence-corrected chi connectivity index (χ3v) is 12.5. The second kappa shape index (κ2) is 21.9. The van der Waals surface area contributed by atoms with E-state index in [0.29, 0.717) is 11.1 Å². The summed E-state index contributed by atoms with van der Waals surface area (Å²) in [4.78, 5) is 102. The summed E-state index contributed by atoms with van der Waals surface area (Å²) in [6, 6.07) is 9.20. The normalized spacial score (nSPS) is 30.3. The predicted octanol–water partition coefficient (Wildman–Crippen LogP) is -2.78. The molecule has 346 valence electrons. The fourth-order valence-corrected chi connectivity index (χ4v) is 8.93. The zero-order chi connectivity index (χ0) is 46.1. The second-order valence-electron chi connectivity index (χ2n) is 16.7. The summed E-state index contributed by atoms with van der Waals surface area (Å²) in [5.41, 5.74) is 2.06. The van der Waals surface area contributed by atoms with Crippen LogP contribution in [-0.2, 0) is 51.1 Å². The summed E-state index contributed by atoms with van der Waals surface area (Å²) in [5.74, 6) is -6.99. The molecule has 11 atom stereocenters. The van der Waals surface area contributed by atoms with Gasteiger partial charge in [0.05, 0.1) is 18.4 Å². The van der Waals surface area contributed by atoms with Gasteiger partial charge in [-0.05, 0) is 29.5 Å². The van der Waals surface area contributed by atoms with E-state index in [1.807, 2.05) is 38.1 Å². The molecule has 20 nitrogen and oxygen atoms in total. The Morgan fingerprint density at radius 1 is 0.641 bits per heavy atom. The first-order chi connectivity index (χ1) is 30.6. The number of para-hydroxylation sites is 1. The lowest BCUT2D eigenvalue weighted by Gasteiger charge is -2.38. The molecule has 3 aliphatic rings. The lowest BCUT2D eigenvalue weighted by atomic mass is 10.0. The van der Waals surface area contributed by atoms with Crippen LogP contribution in [0.4, 0.5) is 0 Å². The first-order valence-electron chi connectivity index (χ1n) is 21.2. The molecule has 12 N–H and O–H groups in total. The van der Waals surface area contributed by atoms with Gasteiger partial charge in [-0.25, -0.2) is 0 Å². The Morgan fingerprint density at radius 3 is 2.03 bits per heavy atom. The number of aliphatic hydroxyl groups excluding tert-OH is 4. The van der Waals surface area contributed by atoms with E-state index in [-0.39, 0.29) is 43.2 Å². The highest BCUT2D eigenvalue weighted by Crippen LogP contribution is 2.24. The van der Waals surface area contributed by atoms with Crippen LogP contribution in [0, 0.1) is 11.8 Å². The Balaban J connectivity index is 1.36. The quantitative estimate of drug-likeness (QED) is 0.0982. The Labute approximate surface area is 372 Å². The molecule has 0 radical (unpaired) electrons. The average Bonchev–Trinajstić information content (AvgIpc) is 3.67. The molecule has 3 aliphatic heterocycles. The Morgan fingerprint density at radius 2 is 1.28 bits per heavy atom. The molecule has 7 amide bonds. The van der Waals surface area contributed by atoms with Crippen molar-refractivity contribution < 1.29 is 58.7 Å². The van der Waals surface area contributed by atoms with Gasteiger partial charge in [-0.3, -0.25) is 33.6 Å². The van der Waals surface area contributed by atoms with Gasteiger partial charge in [0.2, 0.25) is 41.4 Å². The summed E-state index contributed by atoms with van der Waals surface area (Å²) in [7, 11) is 0. The van der Waals surface area contributed by atoms with Crippen LogP contribution in [0.5, 0.6) is 0 Å². The van der Waals surface area contributed by atoms with E-state index in [9.17, 15) is 54.0 Å². The molecule has 3 aromatic rings. The molecular formula is C43H56N8O12S. The minimum Gasteiger partial charge on any atom is -0.388 e. The van der Waals surface area contributed by atoms with Gasteiger partial charge < -0.3 is 67.4 Å². The monoisotopic (exact) mass is 908 g/mol. The number of hydrogen-bond donors (Lipinski definition) is 12. The van der Waals surface area contributed by atoms with Gasteiger partial charge in [0.15, 0.2) is 6.29 Å². The van der Waals surface area contributed by atoms with Crippen LogP contribution in [0.3, 0.4) is 0 Å². The maximum atomic E-state index is 14.4. The van der Waals surface area contributed by atoms with Crippen molar-refractivity contribution in [1.82, 2.24) is 42.2 Å². The van der Waals surface area contributed by atoms with Crippen LogP contribution in [0.15, 0.2) is 60.8 Å². The molecule has 3 saturated heterocycles. The van der Waals surface area contributed by atoms with Crippen LogP contribution in [0.2, 0.25) is 0 Å². The number of rotatable bonds is 10. The molecular weight excluding hydrogens is 853 g/mol. The standard InChI is InChI=1S/C43H56N8O12S/c1-21(2)12-27-38(57)46-17-24(19-64-20-32-34(53)35(54)36(55)43(62)63-32)37(56)47-30-15-33(52)45-18-31(42(61)48-27)51-39(58)28(13-22-8-4-3-5-9-22)49-40(59)29(50-41(30)60)14-23-16-44-26-11-7-6-10-25(23)26/h3-11,16,21,24,27-32,34-36,43-44,53-55,62H,12-15,17-20H2,1-2H3,(H,45,52)(H,46,57)(H,47,56)(H,48,61)(H,49,59)(H,50,60)(H,51,58)/t24-,27-,28-,29-,30-,31-,32?,34-,35+,36?,43+/m0/s1. The van der Waals surface area contributed by atoms with Crippen molar-refractivity contribution in [3.05, 3.63) is 71.9 Å². The number of benzene rings is 2. The predicted molar refractivity (Wildman–Crippen MR) is 232 cm³/mol. The molecule has 3 fully saturated rings. The largest absolute Gasteiger partial charge is 0.388 e. The number of ether oxygens (including phenoxy) is 1. The minimum atomic E-state index is -1.79. The molecule has 1 aromatic heterocycles. The maximum absolute atomic E-state index is 14.4. The van der Waals surface area contributed by atoms with Crippen molar-refractivity contribution >= 4 is 64.0 Å². The molecule has 21 heteroatoms. The average molecular weight is 909 g/mol. The highest BCUT2D eigenvalue weighted by molar-refractivity contribution is 7.99. The fourth-order valence-electron chi connectivity index (χ4n) is 7.73. The van der Waals surface area contributed by atoms with Gasteiger partial charge in [-0.2, -0.15) is 11.8 Å². The summed E-state index contributed by atoms with van der Waals surface area (Å²) in [6.07, 6.45) is -6.99. The summed E-state index contributed by atoms with van der Waals surface area (Å²) >= 11 is 1.04. The van der Waals surface area contributed by atoms with Gasteiger partial charge in [0.25, 0.3) is 0 Å². The Bertz CT molecular complexity index is 2160. The number of carbonyl (C=O) groups is 7. The molecule has 6 rings (SSSR count). The van der Waals surface area contributed by atoms with Crippen LogP contribution in [0.1, 0.15) is 37.8 Å². The number of aromatic amines is 1. The first kappa shape index (κ1) is 47.9. The lowest BCUT2D eigenvalue weighted by Crippen LogP contribution is -2.62. The van der Waals surface area contributed by atoms with E-state index < -0.39 is 121 Å². The van der Waals surface area contributed by atoms with Crippen LogP contribution >= 0.6 is 11.8 Å². The zero-order valence-corrected chi connectivity index (χ0v) is 36.1. The Hall–Kier alpha value is -5.58. The van der Waals surface area contributed by atoms with Gasteiger partial charge in [0, 0.05) is 54.5 Å². The van der Waals surface area contributed by atoms with Gasteiger partial charge in [0.1, 0.15) is 48.5 Å². The summed E-state index contributed by atoms with van der Waals surface area (Å²) in [6.45, 7) is 2.82. The van der Waals surface area contributed by atoms with E-state index in [2.05, 4.69) is 42.2 Å². The molecule has 64 heavy (non-hydrogen) atoms. The highest BCUT2D eigenvalue weighted by Gasteiger charge is 2.43. The molecule has 4 heterocycles. The van der Waals surface area contributed by atoms with Gasteiger partial charge in [-0.1, -0.05) is 62.4 Å². The van der Waals surface area contributed by atoms with Crippen LogP contribution in [-0.4, -0.2) is 152 Å². The van der Waals surface area contributed by atoms with Crippen molar-refractivity contribution in [3.63, 3.8) is 0 Å². The second-order valence-corrected chi connectivity index (χ2v) is 17.8. The van der Waals surface area contributed by atoms with E-state index in [1.54, 1.807) is 36.5 Å². The molecule has 0 spiro atoms. The zero-order valence-electron chi connectivity index (χ0n) is 35.3. The number of thioether (sulfide) groups is 1. The van der Waals surface area contributed by atoms with Gasteiger partial charge >= 0.3 is 0 Å². The van der Waals surface area contributed by atoms with E-state index >= 15 is 0 Å². The van der Waals surface area contributed by atoms with E-state index in [1.165, 1.54) is 0 Å². The molecule has 2 aromatic carbocycles. The van der Waals surface area contributed by atoms with Crippen molar-refractivity contribution in [3.8, 4) is 0 Å². The number of aliphatic hydroxyl groups is 4. The number of amides is 7. The van der Waals surface area contributed by atoms with Crippen LogP contribution in [0.25, 0.3) is 10.9 Å². The van der Waals surface area contributed by atoms with E-state index in [4.69, 9.17) is 4.74 Å². The van der Waals surface area contributed by atoms with Crippen LogP contribution < -0.4 is 37.2 Å². The molecule has 2 bridgehead atoms. The number of H-pyrrole nitrogens is 1. The number of aromatic nitrogens is 1. The van der Waals surface area contributed by atoms with E-state index in [0.717, 1.165) is 22.7 Å². The third-order valence-electron chi connectivity index (χ3n) is 11.3. The smallest absolute Gasteiger partial charge is 0.245 e. The minimum absolute atomic E-state index is 0.0295. The Kier molecular flexibility index (Phi) is 16.4. The first-order valence-corrected chi connectivity index (χ1v) is 22.3. The summed E-state index contributed by atoms with van der Waals surface area (Å²) in [5, 5.41) is 60.2.